The second-order valence-corrected chi connectivity index (χ2v) is 3.33. The summed E-state index contributed by atoms with van der Waals surface area (Å²) in [5.41, 5.74) is 0.862. The molecule has 0 fully saturated rings. The molecule has 16 heavy (non-hydrogen) atoms. The Labute approximate surface area is 103 Å². The average Bonchev–Trinajstić information content (AvgIpc) is 2.47. The normalized spacial score (nSPS) is 13.2. The van der Waals surface area contributed by atoms with Crippen molar-refractivity contribution in [3.63, 3.8) is 0 Å². The number of unbranched alkanes of at least 4 members (excludes halogenated alkanes) is 1. The van der Waals surface area contributed by atoms with Crippen molar-refractivity contribution in [3.05, 3.63) is 36.2 Å². The number of hydrogen-bond acceptors (Lipinski definition) is 3. The van der Waals surface area contributed by atoms with Gasteiger partial charge in [-0.3, -0.25) is 4.79 Å². The van der Waals surface area contributed by atoms with Crippen LogP contribution in [-0.4, -0.2) is 12.6 Å². The molecule has 1 aliphatic rings. The summed E-state index contributed by atoms with van der Waals surface area (Å²) in [5, 5.41) is 3.02. The molecule has 1 N–H and O–H groups in total. The fourth-order valence-electron chi connectivity index (χ4n) is 1.14. The third-order valence-electron chi connectivity index (χ3n) is 1.98. The second kappa shape index (κ2) is 9.04. The Kier molecular flexibility index (Phi) is 8.35. The number of nitrogens with one attached hydrogen (secondary N) is 1. The SMILES string of the molecule is CCCCOC(=O)CC1=CC=CC=CN1.Cl. The number of ether oxygens (including phenoxy) is 1. The largest absolute Gasteiger partial charge is 0.465 e. The highest BCUT2D eigenvalue weighted by Crippen LogP contribution is 2.03. The van der Waals surface area contributed by atoms with Crippen LogP contribution in [0.3, 0.4) is 0 Å². The Hall–Kier alpha value is -1.22. The van der Waals surface area contributed by atoms with Gasteiger partial charge in [0.15, 0.2) is 0 Å². The van der Waals surface area contributed by atoms with Crippen LogP contribution in [0.4, 0.5) is 0 Å². The molecule has 0 aromatic carbocycles. The lowest BCUT2D eigenvalue weighted by atomic mass is 10.3. The molecule has 0 aliphatic carbocycles. The van der Waals surface area contributed by atoms with Gasteiger partial charge in [0, 0.05) is 11.9 Å². The lowest BCUT2D eigenvalue weighted by Crippen LogP contribution is -2.12. The Morgan fingerprint density at radius 3 is 2.94 bits per heavy atom. The molecule has 1 rings (SSSR count). The molecule has 1 heterocycles. The van der Waals surface area contributed by atoms with Crippen molar-refractivity contribution in [1.29, 1.82) is 0 Å². The molecular formula is C12H18ClNO2. The molecule has 0 aromatic heterocycles. The predicted octanol–water partition coefficient (Wildman–Crippen LogP) is 2.70. The van der Waals surface area contributed by atoms with Crippen molar-refractivity contribution in [2.75, 3.05) is 6.61 Å². The van der Waals surface area contributed by atoms with Crippen molar-refractivity contribution in [2.45, 2.75) is 26.2 Å². The van der Waals surface area contributed by atoms with Gasteiger partial charge in [-0.25, -0.2) is 0 Å². The zero-order valence-electron chi connectivity index (χ0n) is 9.44. The molecule has 0 saturated carbocycles. The quantitative estimate of drug-likeness (QED) is 0.596. The van der Waals surface area contributed by atoms with E-state index >= 15 is 0 Å². The van der Waals surface area contributed by atoms with Gasteiger partial charge in [-0.15, -0.1) is 12.4 Å². The van der Waals surface area contributed by atoms with E-state index in [1.54, 1.807) is 6.20 Å². The first kappa shape index (κ1) is 14.8. The van der Waals surface area contributed by atoms with E-state index in [9.17, 15) is 4.79 Å². The van der Waals surface area contributed by atoms with Crippen molar-refractivity contribution < 1.29 is 9.53 Å². The number of carbonyl (C=O) groups excluding carboxylic acids is 1. The van der Waals surface area contributed by atoms with Gasteiger partial charge in [0.25, 0.3) is 0 Å². The van der Waals surface area contributed by atoms with Crippen LogP contribution in [0.25, 0.3) is 0 Å². The van der Waals surface area contributed by atoms with Gasteiger partial charge in [0.1, 0.15) is 0 Å². The Morgan fingerprint density at radius 1 is 1.38 bits per heavy atom. The summed E-state index contributed by atoms with van der Waals surface area (Å²) in [7, 11) is 0. The number of carbonyl (C=O) groups is 1. The van der Waals surface area contributed by atoms with Crippen LogP contribution < -0.4 is 5.32 Å². The van der Waals surface area contributed by atoms with Crippen LogP contribution in [0.5, 0.6) is 0 Å². The zero-order valence-corrected chi connectivity index (χ0v) is 10.3. The topological polar surface area (TPSA) is 38.3 Å². The maximum Gasteiger partial charge on any atom is 0.311 e. The van der Waals surface area contributed by atoms with Gasteiger partial charge < -0.3 is 10.1 Å². The van der Waals surface area contributed by atoms with Gasteiger partial charge in [0.05, 0.1) is 13.0 Å². The molecule has 0 unspecified atom stereocenters. The molecule has 0 atom stereocenters. The van der Waals surface area contributed by atoms with E-state index in [4.69, 9.17) is 4.74 Å². The van der Waals surface area contributed by atoms with E-state index in [-0.39, 0.29) is 18.4 Å². The molecule has 3 nitrogen and oxygen atoms in total. The average molecular weight is 244 g/mol. The highest BCUT2D eigenvalue weighted by Gasteiger charge is 2.05. The lowest BCUT2D eigenvalue weighted by Gasteiger charge is -2.06. The van der Waals surface area contributed by atoms with Gasteiger partial charge in [-0.1, -0.05) is 25.5 Å². The number of allylic oxidation sites excluding steroid dienone is 4. The molecule has 4 heteroatoms. The van der Waals surface area contributed by atoms with Crippen LogP contribution in [0.2, 0.25) is 0 Å². The lowest BCUT2D eigenvalue weighted by molar-refractivity contribution is -0.142. The first-order valence-electron chi connectivity index (χ1n) is 5.27. The maximum atomic E-state index is 11.3. The van der Waals surface area contributed by atoms with Gasteiger partial charge in [-0.2, -0.15) is 0 Å². The number of esters is 1. The van der Waals surface area contributed by atoms with Crippen LogP contribution in [0.15, 0.2) is 36.2 Å². The Bertz CT molecular complexity index is 295. The third-order valence-corrected chi connectivity index (χ3v) is 1.98. The summed E-state index contributed by atoms with van der Waals surface area (Å²) in [6.45, 7) is 2.59. The van der Waals surface area contributed by atoms with Gasteiger partial charge in [-0.05, 0) is 18.6 Å². The molecule has 0 radical (unpaired) electrons. The summed E-state index contributed by atoms with van der Waals surface area (Å²) >= 11 is 0. The maximum absolute atomic E-state index is 11.3. The minimum absolute atomic E-state index is 0. The monoisotopic (exact) mass is 243 g/mol. The van der Waals surface area contributed by atoms with E-state index in [0.29, 0.717) is 13.0 Å². The zero-order chi connectivity index (χ0) is 10.9. The number of hydrogen-bond donors (Lipinski definition) is 1. The van der Waals surface area contributed by atoms with E-state index < -0.39 is 0 Å². The molecule has 0 spiro atoms. The Morgan fingerprint density at radius 2 is 2.19 bits per heavy atom. The van der Waals surface area contributed by atoms with Crippen molar-refractivity contribution in [1.82, 2.24) is 5.32 Å². The van der Waals surface area contributed by atoms with Crippen LogP contribution in [0.1, 0.15) is 26.2 Å². The van der Waals surface area contributed by atoms with Crippen molar-refractivity contribution in [3.8, 4) is 0 Å². The first-order chi connectivity index (χ1) is 7.33. The molecule has 90 valence electrons. The molecule has 0 saturated heterocycles. The van der Waals surface area contributed by atoms with E-state index in [1.165, 1.54) is 0 Å². The Balaban J connectivity index is 0.00000225. The van der Waals surface area contributed by atoms with E-state index in [1.807, 2.05) is 24.3 Å². The molecule has 1 aliphatic heterocycles. The van der Waals surface area contributed by atoms with Crippen LogP contribution >= 0.6 is 12.4 Å². The highest BCUT2D eigenvalue weighted by molar-refractivity contribution is 5.85. The fraction of sp³-hybridized carbons (Fsp3) is 0.417. The smallest absolute Gasteiger partial charge is 0.311 e. The summed E-state index contributed by atoms with van der Waals surface area (Å²) in [6.07, 6.45) is 11.6. The standard InChI is InChI=1S/C12H17NO2.ClH/c1-2-3-9-15-12(14)10-11-7-5-4-6-8-13-11;/h4-8,13H,2-3,9-10H2,1H3;1H. The minimum atomic E-state index is -0.175. The van der Waals surface area contributed by atoms with Crippen LogP contribution in [0, 0.1) is 0 Å². The summed E-state index contributed by atoms with van der Waals surface area (Å²) in [6, 6.07) is 0. The van der Waals surface area contributed by atoms with Crippen molar-refractivity contribution in [2.24, 2.45) is 0 Å². The molecule has 0 bridgehead atoms. The first-order valence-corrected chi connectivity index (χ1v) is 5.27. The summed E-state index contributed by atoms with van der Waals surface area (Å²) < 4.78 is 5.06. The number of rotatable bonds is 5. The van der Waals surface area contributed by atoms with Crippen molar-refractivity contribution >= 4 is 18.4 Å². The van der Waals surface area contributed by atoms with Gasteiger partial charge >= 0.3 is 5.97 Å². The third kappa shape index (κ3) is 6.30. The minimum Gasteiger partial charge on any atom is -0.465 e. The summed E-state index contributed by atoms with van der Waals surface area (Å²) in [4.78, 5) is 11.3. The molecular weight excluding hydrogens is 226 g/mol. The van der Waals surface area contributed by atoms with E-state index in [0.717, 1.165) is 18.5 Å². The van der Waals surface area contributed by atoms with E-state index in [2.05, 4.69) is 12.2 Å². The fourth-order valence-corrected chi connectivity index (χ4v) is 1.14. The van der Waals surface area contributed by atoms with Crippen LogP contribution in [-0.2, 0) is 9.53 Å². The van der Waals surface area contributed by atoms with Gasteiger partial charge in [0.2, 0.25) is 0 Å². The molecule has 0 aromatic rings. The second-order valence-electron chi connectivity index (χ2n) is 3.33. The number of halogens is 1. The molecule has 0 amide bonds. The predicted molar refractivity (Wildman–Crippen MR) is 67.2 cm³/mol. The highest BCUT2D eigenvalue weighted by atomic mass is 35.5. The summed E-state index contributed by atoms with van der Waals surface area (Å²) in [5.74, 6) is -0.175.